The quantitative estimate of drug-likeness (QED) is 0.400. The fourth-order valence-corrected chi connectivity index (χ4v) is 2.45. The van der Waals surface area contributed by atoms with Gasteiger partial charge in [0.15, 0.2) is 24.0 Å². The molecule has 128 valence electrons. The minimum absolute atomic E-state index is 1.06. The van der Waals surface area contributed by atoms with Crippen molar-refractivity contribution < 1.29 is 26.3 Å². The molecule has 0 fully saturated rings. The molecule has 10 heteroatoms. The van der Waals surface area contributed by atoms with Gasteiger partial charge in [0, 0.05) is 5.56 Å². The SMILES string of the molecule is N#CC(C#N)=C1C(F)=c2c(F)c(F)c(=C(C#N)C#N)c(F)c2C(F)C1F. The molecular weight excluding hydrogens is 362 g/mol. The third-order valence-electron chi connectivity index (χ3n) is 3.59. The summed E-state index contributed by atoms with van der Waals surface area (Å²) >= 11 is 0. The van der Waals surface area contributed by atoms with Gasteiger partial charge in [0.1, 0.15) is 47.1 Å². The van der Waals surface area contributed by atoms with Gasteiger partial charge in [0.05, 0.1) is 16.0 Å². The molecule has 2 rings (SSSR count). The van der Waals surface area contributed by atoms with Gasteiger partial charge in [-0.15, -0.1) is 0 Å². The van der Waals surface area contributed by atoms with Gasteiger partial charge >= 0.3 is 0 Å². The molecule has 0 saturated heterocycles. The Hall–Kier alpha value is -3.76. The molecule has 4 nitrogen and oxygen atoms in total. The van der Waals surface area contributed by atoms with Crippen molar-refractivity contribution in [3.8, 4) is 24.3 Å². The molecule has 0 bridgehead atoms. The maximum Gasteiger partial charge on any atom is 0.171 e. The standard InChI is InChI=1S/C16H2F6N4/c17-11-7(5(1-23)2-24)13(19)15(21)10-9(11)16(22)14(20)8(12(10)18)6(3-25)4-26/h13,15H. The van der Waals surface area contributed by atoms with Crippen molar-refractivity contribution in [3.63, 3.8) is 0 Å². The Balaban J connectivity index is 3.28. The number of alkyl halides is 2. The highest BCUT2D eigenvalue weighted by Gasteiger charge is 2.41. The fourth-order valence-electron chi connectivity index (χ4n) is 2.45. The van der Waals surface area contributed by atoms with Crippen molar-refractivity contribution >= 4 is 11.4 Å². The number of nitriles is 4. The molecule has 0 amide bonds. The van der Waals surface area contributed by atoms with Crippen molar-refractivity contribution in [2.24, 2.45) is 0 Å². The Labute approximate surface area is 141 Å². The fraction of sp³-hybridized carbons (Fsp3) is 0.125. The first-order chi connectivity index (χ1) is 12.3. The second kappa shape index (κ2) is 6.63. The van der Waals surface area contributed by atoms with Gasteiger partial charge in [-0.2, -0.15) is 21.0 Å². The monoisotopic (exact) mass is 364 g/mol. The maximum atomic E-state index is 14.4. The van der Waals surface area contributed by atoms with Gasteiger partial charge in [-0.25, -0.2) is 26.3 Å². The van der Waals surface area contributed by atoms with E-state index in [1.807, 2.05) is 0 Å². The minimum Gasteiger partial charge on any atom is -0.239 e. The number of rotatable bonds is 0. The number of halogens is 6. The van der Waals surface area contributed by atoms with Crippen molar-refractivity contribution in [1.29, 1.82) is 21.0 Å². The Bertz CT molecular complexity index is 1120. The van der Waals surface area contributed by atoms with Crippen LogP contribution in [0.3, 0.4) is 0 Å². The van der Waals surface area contributed by atoms with Crippen LogP contribution in [0, 0.1) is 62.8 Å². The number of fused-ring (bicyclic) bond motifs is 1. The molecule has 0 N–H and O–H groups in total. The first kappa shape index (κ1) is 18.6. The molecule has 1 aliphatic rings. The molecule has 2 atom stereocenters. The number of benzene rings is 1. The molecule has 1 aliphatic carbocycles. The second-order valence-electron chi connectivity index (χ2n) is 4.83. The molecule has 0 aromatic heterocycles. The number of hydrogen-bond acceptors (Lipinski definition) is 4. The summed E-state index contributed by atoms with van der Waals surface area (Å²) in [6.07, 6.45) is -6.19. The molecule has 0 aliphatic heterocycles. The molecule has 0 saturated carbocycles. The van der Waals surface area contributed by atoms with Gasteiger partial charge in [-0.3, -0.25) is 0 Å². The summed E-state index contributed by atoms with van der Waals surface area (Å²) in [5, 5.41) is 31.5. The summed E-state index contributed by atoms with van der Waals surface area (Å²) in [6.45, 7) is 0. The maximum absolute atomic E-state index is 14.4. The Morgan fingerprint density at radius 3 is 1.65 bits per heavy atom. The highest BCUT2D eigenvalue weighted by Crippen LogP contribution is 2.38. The van der Waals surface area contributed by atoms with E-state index in [2.05, 4.69) is 0 Å². The van der Waals surface area contributed by atoms with E-state index < -0.39 is 68.3 Å². The van der Waals surface area contributed by atoms with Gasteiger partial charge in [0.25, 0.3) is 0 Å². The third-order valence-corrected chi connectivity index (χ3v) is 3.59. The molecular formula is C16H2F6N4. The molecule has 1 aromatic rings. The van der Waals surface area contributed by atoms with Gasteiger partial charge in [-0.1, -0.05) is 0 Å². The average molecular weight is 364 g/mol. The van der Waals surface area contributed by atoms with E-state index in [-0.39, 0.29) is 0 Å². The molecule has 26 heavy (non-hydrogen) atoms. The van der Waals surface area contributed by atoms with Crippen LogP contribution < -0.4 is 10.4 Å². The summed E-state index contributed by atoms with van der Waals surface area (Å²) in [4.78, 5) is 0. The van der Waals surface area contributed by atoms with Crippen molar-refractivity contribution in [1.82, 2.24) is 0 Å². The lowest BCUT2D eigenvalue weighted by Crippen LogP contribution is -2.38. The zero-order chi connectivity index (χ0) is 19.8. The van der Waals surface area contributed by atoms with Crippen LogP contribution in [-0.2, 0) is 0 Å². The Kier molecular flexibility index (Phi) is 4.73. The molecule has 1 aromatic carbocycles. The van der Waals surface area contributed by atoms with Crippen LogP contribution in [0.25, 0.3) is 11.4 Å². The largest absolute Gasteiger partial charge is 0.239 e. The second-order valence-corrected chi connectivity index (χ2v) is 4.83. The predicted molar refractivity (Wildman–Crippen MR) is 71.7 cm³/mol. The summed E-state index contributed by atoms with van der Waals surface area (Å²) in [5.41, 5.74) is -5.59. The first-order valence-electron chi connectivity index (χ1n) is 6.50. The summed E-state index contributed by atoms with van der Waals surface area (Å²) in [6, 6.07) is 4.29. The van der Waals surface area contributed by atoms with E-state index in [9.17, 15) is 26.3 Å². The third kappa shape index (κ3) is 2.37. The number of nitrogens with zero attached hydrogens (tertiary/aromatic N) is 4. The highest BCUT2D eigenvalue weighted by molar-refractivity contribution is 5.74. The molecule has 0 radical (unpaired) electrons. The zero-order valence-electron chi connectivity index (χ0n) is 12.2. The normalized spacial score (nSPS) is 18.1. The van der Waals surface area contributed by atoms with Crippen LogP contribution in [0.4, 0.5) is 26.3 Å². The van der Waals surface area contributed by atoms with Crippen molar-refractivity contribution in [2.45, 2.75) is 12.3 Å². The van der Waals surface area contributed by atoms with Crippen LogP contribution >= 0.6 is 0 Å². The van der Waals surface area contributed by atoms with Crippen LogP contribution in [0.5, 0.6) is 0 Å². The van der Waals surface area contributed by atoms with E-state index in [0.717, 1.165) is 24.3 Å². The molecule has 0 heterocycles. The van der Waals surface area contributed by atoms with E-state index in [0.29, 0.717) is 0 Å². The first-order valence-corrected chi connectivity index (χ1v) is 6.50. The van der Waals surface area contributed by atoms with E-state index in [1.54, 1.807) is 0 Å². The highest BCUT2D eigenvalue weighted by atomic mass is 19.2. The lowest BCUT2D eigenvalue weighted by Gasteiger charge is -2.23. The lowest BCUT2D eigenvalue weighted by atomic mass is 9.87. The van der Waals surface area contributed by atoms with Crippen LogP contribution in [0.2, 0.25) is 0 Å². The van der Waals surface area contributed by atoms with E-state index >= 15 is 0 Å². The number of hydrogen-bond donors (Lipinski definition) is 0. The van der Waals surface area contributed by atoms with Crippen LogP contribution in [0.15, 0.2) is 11.1 Å². The zero-order valence-corrected chi connectivity index (χ0v) is 12.2. The van der Waals surface area contributed by atoms with E-state index in [1.165, 1.54) is 0 Å². The Morgan fingerprint density at radius 1 is 0.692 bits per heavy atom. The summed E-state index contributed by atoms with van der Waals surface area (Å²) < 4.78 is 85.7. The summed E-state index contributed by atoms with van der Waals surface area (Å²) in [7, 11) is 0. The van der Waals surface area contributed by atoms with E-state index in [4.69, 9.17) is 21.0 Å². The van der Waals surface area contributed by atoms with Crippen molar-refractivity contribution in [3.05, 3.63) is 44.6 Å². The summed E-state index contributed by atoms with van der Waals surface area (Å²) in [5.74, 6) is -8.43. The minimum atomic E-state index is -3.12. The van der Waals surface area contributed by atoms with Crippen molar-refractivity contribution in [2.75, 3.05) is 0 Å². The molecule has 0 spiro atoms. The van der Waals surface area contributed by atoms with Crippen LogP contribution in [0.1, 0.15) is 11.7 Å². The molecule has 2 unspecified atom stereocenters. The lowest BCUT2D eigenvalue weighted by molar-refractivity contribution is 0.187. The van der Waals surface area contributed by atoms with Gasteiger partial charge < -0.3 is 0 Å². The van der Waals surface area contributed by atoms with Gasteiger partial charge in [-0.05, 0) is 0 Å². The van der Waals surface area contributed by atoms with Gasteiger partial charge in [0.2, 0.25) is 0 Å². The number of allylic oxidation sites excluding steroid dienone is 2. The Morgan fingerprint density at radius 2 is 1.19 bits per heavy atom. The topological polar surface area (TPSA) is 95.2 Å². The van der Waals surface area contributed by atoms with Crippen LogP contribution in [-0.4, -0.2) is 6.17 Å². The predicted octanol–water partition coefficient (Wildman–Crippen LogP) is 2.09. The smallest absolute Gasteiger partial charge is 0.171 e. The average Bonchev–Trinajstić information content (AvgIpc) is 2.63.